The first-order valence-corrected chi connectivity index (χ1v) is 2.46. The maximum atomic E-state index is 9.82. The van der Waals surface area contributed by atoms with E-state index in [-0.39, 0.29) is 11.4 Å². The molecule has 0 aliphatic carbocycles. The molecule has 0 saturated heterocycles. The second kappa shape index (κ2) is 2.26. The van der Waals surface area contributed by atoms with Gasteiger partial charge in [-0.05, 0) is 17.3 Å². The largest absolute Gasteiger partial charge is 0.506 e. The van der Waals surface area contributed by atoms with Crippen LogP contribution >= 0.6 is 0 Å². The molecule has 3 nitrogen and oxygen atoms in total. The van der Waals surface area contributed by atoms with Crippen molar-refractivity contribution in [3.05, 3.63) is 29.2 Å². The smallest absolute Gasteiger partial charge is 0.149 e. The zero-order valence-electron chi connectivity index (χ0n) is 4.61. The Balaban J connectivity index is 3.15. The van der Waals surface area contributed by atoms with Crippen LogP contribution in [0.25, 0.3) is 0 Å². The number of benzene rings is 1. The average molecular weight is 123 g/mol. The van der Waals surface area contributed by atoms with Crippen LogP contribution in [0, 0.1) is 4.91 Å². The lowest BCUT2D eigenvalue weighted by Crippen LogP contribution is -1.63. The number of phenols is 1. The fourth-order valence-corrected chi connectivity index (χ4v) is 0.541. The minimum atomic E-state index is -0.0764. The van der Waals surface area contributed by atoms with Crippen LogP contribution in [0.5, 0.6) is 5.75 Å². The van der Waals surface area contributed by atoms with Crippen molar-refractivity contribution in [2.75, 3.05) is 0 Å². The van der Waals surface area contributed by atoms with E-state index in [1.165, 1.54) is 12.1 Å². The third kappa shape index (κ3) is 1.05. The van der Waals surface area contributed by atoms with Crippen molar-refractivity contribution in [1.29, 1.82) is 0 Å². The van der Waals surface area contributed by atoms with Crippen molar-refractivity contribution in [3.63, 3.8) is 0 Å². The van der Waals surface area contributed by atoms with E-state index in [4.69, 9.17) is 5.11 Å². The van der Waals surface area contributed by atoms with Crippen LogP contribution in [0.1, 0.15) is 0 Å². The summed E-state index contributed by atoms with van der Waals surface area (Å²) >= 11 is 0. The molecule has 9 heavy (non-hydrogen) atoms. The van der Waals surface area contributed by atoms with Crippen molar-refractivity contribution in [2.45, 2.75) is 0 Å². The first-order chi connectivity index (χ1) is 4.34. The van der Waals surface area contributed by atoms with Crippen LogP contribution in [0.3, 0.4) is 0 Å². The van der Waals surface area contributed by atoms with Gasteiger partial charge in [0.2, 0.25) is 0 Å². The zero-order chi connectivity index (χ0) is 6.69. The molecule has 1 N–H and O–H groups in total. The Hall–Kier alpha value is -1.38. The highest BCUT2D eigenvalue weighted by molar-refractivity contribution is 5.49. The fraction of sp³-hybridized carbons (Fsp3) is 0. The summed E-state index contributed by atoms with van der Waals surface area (Å²) in [6.07, 6.45) is 0. The molecule has 0 radical (unpaired) electrons. The minimum absolute atomic E-state index is 0.0764. The number of phenolic OH excluding ortho intramolecular Hbond substituents is 1. The Morgan fingerprint density at radius 2 is 2.00 bits per heavy atom. The van der Waals surface area contributed by atoms with Crippen LogP contribution in [0.2, 0.25) is 0 Å². The number of nitroso groups, excluding NO2 is 1. The standard InChI is InChI=1S/C6H5NO2/c8-6-4-2-1-3-5(6)7-9/h1-4,8H. The summed E-state index contributed by atoms with van der Waals surface area (Å²) < 4.78 is 0. The maximum absolute atomic E-state index is 9.82. The van der Waals surface area contributed by atoms with Crippen LogP contribution in [0.15, 0.2) is 29.4 Å². The fourth-order valence-electron chi connectivity index (χ4n) is 0.541. The predicted octanol–water partition coefficient (Wildman–Crippen LogP) is 1.79. The molecule has 0 aliphatic rings. The van der Waals surface area contributed by atoms with Crippen LogP contribution in [-0.4, -0.2) is 5.11 Å². The van der Waals surface area contributed by atoms with E-state index >= 15 is 0 Å². The summed E-state index contributed by atoms with van der Waals surface area (Å²) in [4.78, 5) is 9.82. The molecule has 0 saturated carbocycles. The third-order valence-electron chi connectivity index (χ3n) is 0.980. The lowest BCUT2D eigenvalue weighted by atomic mass is 10.3. The first kappa shape index (κ1) is 5.75. The molecule has 0 bridgehead atoms. The van der Waals surface area contributed by atoms with Crippen molar-refractivity contribution in [1.82, 2.24) is 0 Å². The van der Waals surface area contributed by atoms with Gasteiger partial charge in [0.1, 0.15) is 11.4 Å². The van der Waals surface area contributed by atoms with Gasteiger partial charge in [0.25, 0.3) is 0 Å². The molecule has 1 rings (SSSR count). The van der Waals surface area contributed by atoms with Gasteiger partial charge in [0, 0.05) is 0 Å². The molecule has 0 aromatic heterocycles. The van der Waals surface area contributed by atoms with E-state index in [1.54, 1.807) is 12.1 Å². The topological polar surface area (TPSA) is 49.7 Å². The highest BCUT2D eigenvalue weighted by Crippen LogP contribution is 2.23. The molecule has 0 spiro atoms. The predicted molar refractivity (Wildman–Crippen MR) is 33.6 cm³/mol. The Labute approximate surface area is 51.9 Å². The summed E-state index contributed by atoms with van der Waals surface area (Å²) in [5.41, 5.74) is 0.0810. The molecule has 0 fully saturated rings. The number of nitrogens with zero attached hydrogens (tertiary/aromatic N) is 1. The number of hydrogen-bond acceptors (Lipinski definition) is 3. The van der Waals surface area contributed by atoms with Gasteiger partial charge in [-0.1, -0.05) is 12.1 Å². The Bertz CT molecular complexity index is 222. The van der Waals surface area contributed by atoms with Gasteiger partial charge in [-0.2, -0.15) is 0 Å². The second-order valence-electron chi connectivity index (χ2n) is 1.58. The summed E-state index contributed by atoms with van der Waals surface area (Å²) in [6.45, 7) is 0. The third-order valence-corrected chi connectivity index (χ3v) is 0.980. The highest BCUT2D eigenvalue weighted by atomic mass is 16.3. The average Bonchev–Trinajstić information content (AvgIpc) is 1.89. The summed E-state index contributed by atoms with van der Waals surface area (Å²) in [6, 6.07) is 6.12. The second-order valence-corrected chi connectivity index (χ2v) is 1.58. The van der Waals surface area contributed by atoms with Gasteiger partial charge in [-0.3, -0.25) is 0 Å². The zero-order valence-corrected chi connectivity index (χ0v) is 4.61. The Morgan fingerprint density at radius 3 is 2.44 bits per heavy atom. The van der Waals surface area contributed by atoms with Crippen molar-refractivity contribution in [3.8, 4) is 5.75 Å². The SMILES string of the molecule is O=Nc1ccccc1O. The van der Waals surface area contributed by atoms with Gasteiger partial charge in [-0.15, -0.1) is 4.91 Å². The maximum Gasteiger partial charge on any atom is 0.149 e. The van der Waals surface area contributed by atoms with Crippen molar-refractivity contribution in [2.24, 2.45) is 5.18 Å². The molecular formula is C6H5NO2. The molecule has 0 unspecified atom stereocenters. The monoisotopic (exact) mass is 123 g/mol. The molecule has 0 aliphatic heterocycles. The molecule has 0 heterocycles. The van der Waals surface area contributed by atoms with Crippen LogP contribution in [-0.2, 0) is 0 Å². The van der Waals surface area contributed by atoms with E-state index in [0.717, 1.165) is 0 Å². The van der Waals surface area contributed by atoms with Crippen LogP contribution in [0.4, 0.5) is 5.69 Å². The van der Waals surface area contributed by atoms with E-state index < -0.39 is 0 Å². The van der Waals surface area contributed by atoms with Gasteiger partial charge in [0.05, 0.1) is 0 Å². The highest BCUT2D eigenvalue weighted by Gasteiger charge is 1.94. The number of hydrogen-bond donors (Lipinski definition) is 1. The Kier molecular flexibility index (Phi) is 1.44. The van der Waals surface area contributed by atoms with Crippen LogP contribution < -0.4 is 0 Å². The van der Waals surface area contributed by atoms with E-state index in [9.17, 15) is 4.91 Å². The van der Waals surface area contributed by atoms with Crippen molar-refractivity contribution < 1.29 is 5.11 Å². The quantitative estimate of drug-likeness (QED) is 0.578. The number of para-hydroxylation sites is 1. The van der Waals surface area contributed by atoms with Crippen molar-refractivity contribution >= 4 is 5.69 Å². The van der Waals surface area contributed by atoms with E-state index in [2.05, 4.69) is 5.18 Å². The van der Waals surface area contributed by atoms with Gasteiger partial charge < -0.3 is 5.11 Å². The first-order valence-electron chi connectivity index (χ1n) is 2.46. The molecule has 0 amide bonds. The van der Waals surface area contributed by atoms with Gasteiger partial charge in [0.15, 0.2) is 0 Å². The molecule has 0 atom stereocenters. The van der Waals surface area contributed by atoms with E-state index in [1.807, 2.05) is 0 Å². The molecule has 3 heteroatoms. The molecule has 46 valence electrons. The normalized spacial score (nSPS) is 8.89. The Morgan fingerprint density at radius 1 is 1.33 bits per heavy atom. The van der Waals surface area contributed by atoms with E-state index in [0.29, 0.717) is 0 Å². The number of rotatable bonds is 1. The summed E-state index contributed by atoms with van der Waals surface area (Å²) in [7, 11) is 0. The minimum Gasteiger partial charge on any atom is -0.506 e. The van der Waals surface area contributed by atoms with Gasteiger partial charge in [-0.25, -0.2) is 0 Å². The summed E-state index contributed by atoms with van der Waals surface area (Å²) in [5.74, 6) is -0.0764. The summed E-state index contributed by atoms with van der Waals surface area (Å²) in [5, 5.41) is 11.4. The lowest BCUT2D eigenvalue weighted by molar-refractivity contribution is 0.477. The molecule has 1 aromatic carbocycles. The number of aromatic hydroxyl groups is 1. The molecule has 1 aromatic rings. The molecular weight excluding hydrogens is 118 g/mol. The van der Waals surface area contributed by atoms with Gasteiger partial charge >= 0.3 is 0 Å². The lowest BCUT2D eigenvalue weighted by Gasteiger charge is -1.89.